The van der Waals surface area contributed by atoms with E-state index in [1.54, 1.807) is 0 Å². The monoisotopic (exact) mass is 286 g/mol. The first kappa shape index (κ1) is 14.8. The molecule has 0 aromatic rings. The number of nitrogens with zero attached hydrogens (tertiary/aromatic N) is 2. The average Bonchev–Trinajstić information content (AvgIpc) is 2.70. The van der Waals surface area contributed by atoms with Crippen molar-refractivity contribution in [2.24, 2.45) is 5.41 Å². The molecule has 2 rings (SSSR count). The van der Waals surface area contributed by atoms with Gasteiger partial charge in [-0.3, -0.25) is 0 Å². The Balaban J connectivity index is 2.15. The second-order valence-corrected chi connectivity index (χ2v) is 8.09. The summed E-state index contributed by atoms with van der Waals surface area (Å²) >= 11 is 0. The summed E-state index contributed by atoms with van der Waals surface area (Å²) in [6, 6.07) is 2.14. The summed E-state index contributed by atoms with van der Waals surface area (Å²) in [6.07, 6.45) is 2.33. The highest BCUT2D eigenvalue weighted by Gasteiger charge is 2.57. The molecule has 0 bridgehead atoms. The highest BCUT2D eigenvalue weighted by molar-refractivity contribution is 7.91. The van der Waals surface area contributed by atoms with Crippen LogP contribution in [-0.2, 0) is 9.84 Å². The van der Waals surface area contributed by atoms with Gasteiger partial charge in [-0.15, -0.1) is 0 Å². The Morgan fingerprint density at radius 3 is 2.37 bits per heavy atom. The maximum absolute atomic E-state index is 11.7. The molecule has 0 aliphatic carbocycles. The highest BCUT2D eigenvalue weighted by atomic mass is 32.2. The molecule has 0 amide bonds. The third-order valence-corrected chi connectivity index (χ3v) is 6.39. The SMILES string of the molecule is CCCN1CCC(O)(C2(C#N)CCS(=O)(=O)C2)CC1. The van der Waals surface area contributed by atoms with Crippen LogP contribution in [0.2, 0.25) is 0 Å². The van der Waals surface area contributed by atoms with E-state index in [4.69, 9.17) is 0 Å². The highest BCUT2D eigenvalue weighted by Crippen LogP contribution is 2.46. The lowest BCUT2D eigenvalue weighted by Crippen LogP contribution is -2.55. The van der Waals surface area contributed by atoms with Crippen LogP contribution in [0.3, 0.4) is 0 Å². The van der Waals surface area contributed by atoms with Crippen LogP contribution >= 0.6 is 0 Å². The van der Waals surface area contributed by atoms with Crippen molar-refractivity contribution in [1.29, 1.82) is 5.26 Å². The summed E-state index contributed by atoms with van der Waals surface area (Å²) in [5.41, 5.74) is -2.24. The Labute approximate surface area is 115 Å². The maximum atomic E-state index is 11.7. The van der Waals surface area contributed by atoms with Gasteiger partial charge in [0.25, 0.3) is 0 Å². The number of sulfone groups is 1. The van der Waals surface area contributed by atoms with E-state index in [-0.39, 0.29) is 17.9 Å². The van der Waals surface area contributed by atoms with Gasteiger partial charge in [0.1, 0.15) is 5.41 Å². The number of hydrogen-bond donors (Lipinski definition) is 1. The van der Waals surface area contributed by atoms with E-state index in [0.29, 0.717) is 12.8 Å². The lowest BCUT2D eigenvalue weighted by atomic mass is 9.67. The Kier molecular flexibility index (Phi) is 3.92. The number of hydrogen-bond acceptors (Lipinski definition) is 5. The number of likely N-dealkylation sites (tertiary alicyclic amines) is 1. The Hall–Kier alpha value is -0.640. The van der Waals surface area contributed by atoms with Crippen molar-refractivity contribution in [2.45, 2.75) is 38.2 Å². The summed E-state index contributed by atoms with van der Waals surface area (Å²) < 4.78 is 23.4. The fraction of sp³-hybridized carbons (Fsp3) is 0.923. The zero-order valence-electron chi connectivity index (χ0n) is 11.4. The first-order valence-corrected chi connectivity index (χ1v) is 8.75. The third kappa shape index (κ3) is 2.64. The molecule has 0 aromatic heterocycles. The Bertz CT molecular complexity index is 475. The third-order valence-electron chi connectivity index (χ3n) is 4.63. The fourth-order valence-corrected chi connectivity index (χ4v) is 5.38. The van der Waals surface area contributed by atoms with Gasteiger partial charge in [0, 0.05) is 13.1 Å². The van der Waals surface area contributed by atoms with E-state index in [9.17, 15) is 18.8 Å². The molecule has 19 heavy (non-hydrogen) atoms. The quantitative estimate of drug-likeness (QED) is 0.819. The fourth-order valence-electron chi connectivity index (χ4n) is 3.35. The molecule has 108 valence electrons. The van der Waals surface area contributed by atoms with E-state index in [2.05, 4.69) is 17.9 Å². The molecule has 2 heterocycles. The first-order chi connectivity index (χ1) is 8.86. The molecule has 1 N–H and O–H groups in total. The van der Waals surface area contributed by atoms with Crippen molar-refractivity contribution in [3.8, 4) is 6.07 Å². The predicted molar refractivity (Wildman–Crippen MR) is 72.2 cm³/mol. The van der Waals surface area contributed by atoms with E-state index in [0.717, 1.165) is 26.1 Å². The molecule has 2 saturated heterocycles. The lowest BCUT2D eigenvalue weighted by molar-refractivity contribution is -0.0873. The second-order valence-electron chi connectivity index (χ2n) is 5.91. The summed E-state index contributed by atoms with van der Waals surface area (Å²) in [4.78, 5) is 2.27. The van der Waals surface area contributed by atoms with Crippen molar-refractivity contribution >= 4 is 9.84 Å². The Morgan fingerprint density at radius 1 is 1.32 bits per heavy atom. The molecular formula is C13H22N2O3S. The molecular weight excluding hydrogens is 264 g/mol. The topological polar surface area (TPSA) is 81.4 Å². The zero-order valence-corrected chi connectivity index (χ0v) is 12.2. The van der Waals surface area contributed by atoms with Crippen molar-refractivity contribution < 1.29 is 13.5 Å². The van der Waals surface area contributed by atoms with Crippen LogP contribution < -0.4 is 0 Å². The number of aliphatic hydroxyl groups is 1. The van der Waals surface area contributed by atoms with E-state index in [1.807, 2.05) is 0 Å². The number of nitriles is 1. The predicted octanol–water partition coefficient (Wildman–Crippen LogP) is 0.552. The minimum atomic E-state index is -3.17. The van der Waals surface area contributed by atoms with Crippen molar-refractivity contribution in [1.82, 2.24) is 4.90 Å². The number of rotatable bonds is 3. The van der Waals surface area contributed by atoms with Crippen LogP contribution in [0.15, 0.2) is 0 Å². The largest absolute Gasteiger partial charge is 0.388 e. The average molecular weight is 286 g/mol. The normalized spacial score (nSPS) is 33.9. The van der Waals surface area contributed by atoms with Gasteiger partial charge >= 0.3 is 0 Å². The van der Waals surface area contributed by atoms with E-state index < -0.39 is 20.9 Å². The van der Waals surface area contributed by atoms with Gasteiger partial charge in [0.05, 0.1) is 23.2 Å². The summed E-state index contributed by atoms with van der Waals surface area (Å²) in [5, 5.41) is 20.3. The van der Waals surface area contributed by atoms with Gasteiger partial charge < -0.3 is 10.0 Å². The standard InChI is InChI=1S/C13H22N2O3S/c1-2-6-15-7-3-13(16,4-8-15)12(10-14)5-9-19(17,18)11-12/h16H,2-9,11H2,1H3. The Morgan fingerprint density at radius 2 is 1.95 bits per heavy atom. The smallest absolute Gasteiger partial charge is 0.152 e. The molecule has 1 unspecified atom stereocenters. The summed E-state index contributed by atoms with van der Waals surface area (Å²) in [6.45, 7) is 4.59. The van der Waals surface area contributed by atoms with Gasteiger partial charge in [0.15, 0.2) is 9.84 Å². The van der Waals surface area contributed by atoms with Gasteiger partial charge in [-0.05, 0) is 32.2 Å². The van der Waals surface area contributed by atoms with Crippen molar-refractivity contribution in [3.05, 3.63) is 0 Å². The lowest BCUT2D eigenvalue weighted by Gasteiger charge is -2.45. The molecule has 0 aromatic carbocycles. The molecule has 1 atom stereocenters. The van der Waals surface area contributed by atoms with Crippen LogP contribution in [0.4, 0.5) is 0 Å². The van der Waals surface area contributed by atoms with Crippen LogP contribution in [0.25, 0.3) is 0 Å². The minimum absolute atomic E-state index is 0.0293. The van der Waals surface area contributed by atoms with E-state index >= 15 is 0 Å². The molecule has 0 radical (unpaired) electrons. The van der Waals surface area contributed by atoms with Crippen LogP contribution in [0.1, 0.15) is 32.6 Å². The molecule has 0 spiro atoms. The summed E-state index contributed by atoms with van der Waals surface area (Å²) in [7, 11) is -3.17. The molecule has 2 aliphatic rings. The van der Waals surface area contributed by atoms with Crippen LogP contribution in [0, 0.1) is 16.7 Å². The van der Waals surface area contributed by atoms with Crippen LogP contribution in [-0.4, -0.2) is 55.2 Å². The van der Waals surface area contributed by atoms with Crippen molar-refractivity contribution in [2.75, 3.05) is 31.1 Å². The van der Waals surface area contributed by atoms with Crippen LogP contribution in [0.5, 0.6) is 0 Å². The van der Waals surface area contributed by atoms with Gasteiger partial charge in [0.2, 0.25) is 0 Å². The summed E-state index contributed by atoms with van der Waals surface area (Å²) in [5.74, 6) is -0.150. The maximum Gasteiger partial charge on any atom is 0.152 e. The first-order valence-electron chi connectivity index (χ1n) is 6.93. The van der Waals surface area contributed by atoms with E-state index in [1.165, 1.54) is 0 Å². The molecule has 2 aliphatic heterocycles. The second kappa shape index (κ2) is 5.04. The molecule has 0 saturated carbocycles. The molecule has 2 fully saturated rings. The molecule has 5 nitrogen and oxygen atoms in total. The van der Waals surface area contributed by atoms with Crippen molar-refractivity contribution in [3.63, 3.8) is 0 Å². The zero-order chi connectivity index (χ0) is 14.1. The minimum Gasteiger partial charge on any atom is -0.388 e. The van der Waals surface area contributed by atoms with Gasteiger partial charge in [-0.1, -0.05) is 6.92 Å². The van der Waals surface area contributed by atoms with Gasteiger partial charge in [-0.2, -0.15) is 5.26 Å². The molecule has 6 heteroatoms. The number of piperidine rings is 1. The van der Waals surface area contributed by atoms with Gasteiger partial charge in [-0.25, -0.2) is 8.42 Å².